The van der Waals surface area contributed by atoms with Gasteiger partial charge in [0.2, 0.25) is 0 Å². The lowest BCUT2D eigenvalue weighted by Gasteiger charge is -2.23. The molecule has 1 saturated carbocycles. The third kappa shape index (κ3) is 3.64. The maximum absolute atomic E-state index is 13.2. The van der Waals surface area contributed by atoms with E-state index in [-0.39, 0.29) is 11.8 Å². The molecule has 26 heavy (non-hydrogen) atoms. The molecule has 1 aliphatic rings. The van der Waals surface area contributed by atoms with Crippen LogP contribution in [0.3, 0.4) is 0 Å². The predicted octanol–water partition coefficient (Wildman–Crippen LogP) is 5.00. The molecular weight excluding hydrogens is 324 g/mol. The zero-order valence-corrected chi connectivity index (χ0v) is 15.3. The first kappa shape index (κ1) is 16.8. The lowest BCUT2D eigenvalue weighted by atomic mass is 10.1. The summed E-state index contributed by atoms with van der Waals surface area (Å²) in [4.78, 5) is 19.7. The van der Waals surface area contributed by atoms with Crippen LogP contribution in [-0.2, 0) is 6.54 Å². The minimum Gasteiger partial charge on any atom is -0.440 e. The second kappa shape index (κ2) is 6.94. The molecule has 4 rings (SSSR count). The molecule has 0 spiro atoms. The van der Waals surface area contributed by atoms with Crippen LogP contribution in [0.2, 0.25) is 0 Å². The molecule has 0 unspecified atom stereocenters. The van der Waals surface area contributed by atoms with Gasteiger partial charge in [-0.25, -0.2) is 4.98 Å². The van der Waals surface area contributed by atoms with E-state index < -0.39 is 0 Å². The van der Waals surface area contributed by atoms with E-state index in [9.17, 15) is 4.79 Å². The van der Waals surface area contributed by atoms with Crippen molar-refractivity contribution in [3.8, 4) is 0 Å². The molecule has 3 aromatic rings. The summed E-state index contributed by atoms with van der Waals surface area (Å²) in [7, 11) is 0. The van der Waals surface area contributed by atoms with Crippen molar-refractivity contribution >= 4 is 17.0 Å². The Morgan fingerprint density at radius 2 is 1.96 bits per heavy atom. The average Bonchev–Trinajstić information content (AvgIpc) is 3.35. The number of rotatable bonds is 6. The number of oxazole rings is 1. The molecule has 1 aliphatic carbocycles. The largest absolute Gasteiger partial charge is 0.440 e. The van der Waals surface area contributed by atoms with Crippen LogP contribution in [0.4, 0.5) is 0 Å². The highest BCUT2D eigenvalue weighted by Crippen LogP contribution is 2.31. The third-order valence-electron chi connectivity index (χ3n) is 4.82. The molecule has 2 aromatic carbocycles. The van der Waals surface area contributed by atoms with Gasteiger partial charge in [-0.1, -0.05) is 44.2 Å². The van der Waals surface area contributed by atoms with Gasteiger partial charge in [0.25, 0.3) is 5.91 Å². The molecule has 1 aromatic heterocycles. The van der Waals surface area contributed by atoms with E-state index in [4.69, 9.17) is 4.42 Å². The summed E-state index contributed by atoms with van der Waals surface area (Å²) in [6.45, 7) is 5.56. The van der Waals surface area contributed by atoms with Gasteiger partial charge in [0.05, 0.1) is 0 Å². The van der Waals surface area contributed by atoms with Gasteiger partial charge < -0.3 is 9.32 Å². The van der Waals surface area contributed by atoms with E-state index in [1.54, 1.807) is 0 Å². The maximum Gasteiger partial charge on any atom is 0.254 e. The monoisotopic (exact) mass is 348 g/mol. The van der Waals surface area contributed by atoms with E-state index in [0.29, 0.717) is 23.9 Å². The molecule has 0 atom stereocenters. The molecule has 134 valence electrons. The first-order valence-corrected chi connectivity index (χ1v) is 9.34. The molecule has 0 saturated heterocycles. The Balaban J connectivity index is 1.60. The molecule has 1 heterocycles. The fourth-order valence-electron chi connectivity index (χ4n) is 3.14. The van der Waals surface area contributed by atoms with E-state index in [1.165, 1.54) is 12.8 Å². The second-order valence-corrected chi connectivity index (χ2v) is 7.50. The smallest absolute Gasteiger partial charge is 0.254 e. The summed E-state index contributed by atoms with van der Waals surface area (Å²) < 4.78 is 5.76. The van der Waals surface area contributed by atoms with Crippen LogP contribution < -0.4 is 0 Å². The minimum absolute atomic E-state index is 0.0664. The van der Waals surface area contributed by atoms with Gasteiger partial charge in [-0.15, -0.1) is 0 Å². The lowest BCUT2D eigenvalue weighted by molar-refractivity contribution is 0.0735. The van der Waals surface area contributed by atoms with Crippen molar-refractivity contribution in [2.45, 2.75) is 39.2 Å². The van der Waals surface area contributed by atoms with Crippen LogP contribution in [0.1, 0.15) is 54.4 Å². The number of hydrogen-bond acceptors (Lipinski definition) is 3. The number of carbonyl (C=O) groups is 1. The Morgan fingerprint density at radius 3 is 2.65 bits per heavy atom. The summed E-state index contributed by atoms with van der Waals surface area (Å²) in [6, 6.07) is 15.8. The number of benzene rings is 2. The van der Waals surface area contributed by atoms with Crippen LogP contribution in [0.5, 0.6) is 0 Å². The second-order valence-electron chi connectivity index (χ2n) is 7.50. The summed E-state index contributed by atoms with van der Waals surface area (Å²) in [5.41, 5.74) is 3.33. The minimum atomic E-state index is 0.0664. The Morgan fingerprint density at radius 1 is 1.19 bits per heavy atom. The highest BCUT2D eigenvalue weighted by molar-refractivity contribution is 5.97. The summed E-state index contributed by atoms with van der Waals surface area (Å²) in [6.07, 6.45) is 2.44. The normalized spacial score (nSPS) is 14.1. The van der Waals surface area contributed by atoms with Gasteiger partial charge in [-0.05, 0) is 42.5 Å². The summed E-state index contributed by atoms with van der Waals surface area (Å²) in [5, 5.41) is 0. The first-order chi connectivity index (χ1) is 12.6. The standard InChI is InChI=1S/C22H24N2O2/c1-15(2)21-23-19-12-18(10-11-20(19)26-21)22(25)24(14-17-8-9-17)13-16-6-4-3-5-7-16/h3-7,10-12,15,17H,8-9,13-14H2,1-2H3. The van der Waals surface area contributed by atoms with Crippen LogP contribution in [0.15, 0.2) is 52.9 Å². The molecular formula is C22H24N2O2. The number of fused-ring (bicyclic) bond motifs is 1. The van der Waals surface area contributed by atoms with Gasteiger partial charge in [-0.3, -0.25) is 4.79 Å². The summed E-state index contributed by atoms with van der Waals surface area (Å²) in [5.74, 6) is 1.65. The molecule has 0 N–H and O–H groups in total. The average molecular weight is 348 g/mol. The van der Waals surface area contributed by atoms with Gasteiger partial charge in [0, 0.05) is 24.6 Å². The maximum atomic E-state index is 13.2. The Bertz CT molecular complexity index is 910. The van der Waals surface area contributed by atoms with Crippen LogP contribution in [-0.4, -0.2) is 22.3 Å². The first-order valence-electron chi connectivity index (χ1n) is 9.34. The molecule has 1 fully saturated rings. The van der Waals surface area contributed by atoms with Crippen molar-refractivity contribution in [3.63, 3.8) is 0 Å². The van der Waals surface area contributed by atoms with Gasteiger partial charge >= 0.3 is 0 Å². The number of aromatic nitrogens is 1. The van der Waals surface area contributed by atoms with E-state index in [2.05, 4.69) is 17.1 Å². The summed E-state index contributed by atoms with van der Waals surface area (Å²) >= 11 is 0. The third-order valence-corrected chi connectivity index (χ3v) is 4.82. The fourth-order valence-corrected chi connectivity index (χ4v) is 3.14. The quantitative estimate of drug-likeness (QED) is 0.629. The van der Waals surface area contributed by atoms with Crippen molar-refractivity contribution in [2.75, 3.05) is 6.54 Å². The predicted molar refractivity (Wildman–Crippen MR) is 102 cm³/mol. The van der Waals surface area contributed by atoms with E-state index in [1.807, 2.05) is 55.1 Å². The molecule has 4 heteroatoms. The molecule has 0 aliphatic heterocycles. The van der Waals surface area contributed by atoms with E-state index in [0.717, 1.165) is 23.2 Å². The zero-order chi connectivity index (χ0) is 18.1. The highest BCUT2D eigenvalue weighted by Gasteiger charge is 2.27. The highest BCUT2D eigenvalue weighted by atomic mass is 16.3. The van der Waals surface area contributed by atoms with Gasteiger partial charge in [-0.2, -0.15) is 0 Å². The molecule has 0 bridgehead atoms. The lowest BCUT2D eigenvalue weighted by Crippen LogP contribution is -2.32. The molecule has 1 amide bonds. The van der Waals surface area contributed by atoms with Crippen molar-refractivity contribution in [1.29, 1.82) is 0 Å². The van der Waals surface area contributed by atoms with Crippen molar-refractivity contribution in [2.24, 2.45) is 5.92 Å². The van der Waals surface area contributed by atoms with Crippen LogP contribution in [0.25, 0.3) is 11.1 Å². The Kier molecular flexibility index (Phi) is 4.49. The Hall–Kier alpha value is -2.62. The zero-order valence-electron chi connectivity index (χ0n) is 15.3. The van der Waals surface area contributed by atoms with Crippen LogP contribution in [0, 0.1) is 5.92 Å². The van der Waals surface area contributed by atoms with E-state index >= 15 is 0 Å². The van der Waals surface area contributed by atoms with Crippen LogP contribution >= 0.6 is 0 Å². The van der Waals surface area contributed by atoms with Crippen molar-refractivity contribution in [3.05, 3.63) is 65.5 Å². The van der Waals surface area contributed by atoms with Gasteiger partial charge in [0.1, 0.15) is 5.52 Å². The number of nitrogens with zero attached hydrogens (tertiary/aromatic N) is 2. The Labute approximate surface area is 153 Å². The molecule has 4 nitrogen and oxygen atoms in total. The number of hydrogen-bond donors (Lipinski definition) is 0. The SMILES string of the molecule is CC(C)c1nc2cc(C(=O)N(Cc3ccccc3)CC3CC3)ccc2o1. The molecule has 0 radical (unpaired) electrons. The van der Waals surface area contributed by atoms with Crippen molar-refractivity contribution in [1.82, 2.24) is 9.88 Å². The number of carbonyl (C=O) groups excluding carboxylic acids is 1. The van der Waals surface area contributed by atoms with Gasteiger partial charge in [0.15, 0.2) is 11.5 Å². The topological polar surface area (TPSA) is 46.3 Å². The van der Waals surface area contributed by atoms with Crippen molar-refractivity contribution < 1.29 is 9.21 Å². The fraction of sp³-hybridized carbons (Fsp3) is 0.364. The number of amides is 1.